The summed E-state index contributed by atoms with van der Waals surface area (Å²) in [5, 5.41) is 3.29. The highest BCUT2D eigenvalue weighted by molar-refractivity contribution is 6.28. The molecule has 0 atom stereocenters. The molecule has 0 radical (unpaired) electrons. The summed E-state index contributed by atoms with van der Waals surface area (Å²) < 4.78 is 5.43. The smallest absolute Gasteiger partial charge is 0.322 e. The number of nitrogens with one attached hydrogen (secondary N) is 1. The highest BCUT2D eigenvalue weighted by atomic mass is 35.5. The standard InChI is InChI=1S/C13H24ClN5O/c1-5-8-19(6-2)9-7-15-12-16-11(14)17-13(18-12)20-10(3)4/h10H,5-9H2,1-4H3,(H,15,16,17,18). The second-order valence-corrected chi connectivity index (χ2v) is 5.08. The Kier molecular flexibility index (Phi) is 7.54. The van der Waals surface area contributed by atoms with Crippen LogP contribution in [0.5, 0.6) is 6.01 Å². The van der Waals surface area contributed by atoms with Crippen LogP contribution in [0.25, 0.3) is 0 Å². The summed E-state index contributed by atoms with van der Waals surface area (Å²) in [4.78, 5) is 14.5. The van der Waals surface area contributed by atoms with Crippen molar-refractivity contribution in [3.8, 4) is 6.01 Å². The van der Waals surface area contributed by atoms with Gasteiger partial charge in [0.15, 0.2) is 0 Å². The van der Waals surface area contributed by atoms with Gasteiger partial charge in [0.05, 0.1) is 6.10 Å². The van der Waals surface area contributed by atoms with Gasteiger partial charge < -0.3 is 15.0 Å². The number of hydrogen-bond donors (Lipinski definition) is 1. The van der Waals surface area contributed by atoms with Gasteiger partial charge in [-0.1, -0.05) is 13.8 Å². The molecule has 0 saturated heterocycles. The second kappa shape index (κ2) is 8.92. The lowest BCUT2D eigenvalue weighted by atomic mass is 10.4. The van der Waals surface area contributed by atoms with Crippen LogP contribution in [0.15, 0.2) is 0 Å². The van der Waals surface area contributed by atoms with Gasteiger partial charge in [0, 0.05) is 13.1 Å². The molecule has 20 heavy (non-hydrogen) atoms. The summed E-state index contributed by atoms with van der Waals surface area (Å²) in [6, 6.07) is 0.253. The second-order valence-electron chi connectivity index (χ2n) is 4.74. The minimum atomic E-state index is 0.00135. The monoisotopic (exact) mass is 301 g/mol. The van der Waals surface area contributed by atoms with Crippen molar-refractivity contribution in [1.82, 2.24) is 19.9 Å². The number of ether oxygens (including phenoxy) is 1. The molecule has 6 nitrogen and oxygen atoms in total. The maximum absolute atomic E-state index is 5.86. The average molecular weight is 302 g/mol. The van der Waals surface area contributed by atoms with Gasteiger partial charge in [-0.05, 0) is 45.0 Å². The molecule has 0 aromatic carbocycles. The third-order valence-corrected chi connectivity index (χ3v) is 2.80. The highest BCUT2D eigenvalue weighted by Crippen LogP contribution is 2.12. The van der Waals surface area contributed by atoms with E-state index in [1.807, 2.05) is 13.8 Å². The molecule has 1 aromatic rings. The lowest BCUT2D eigenvalue weighted by Gasteiger charge is -2.19. The number of halogens is 1. The third kappa shape index (κ3) is 6.34. The maximum Gasteiger partial charge on any atom is 0.322 e. The summed E-state index contributed by atoms with van der Waals surface area (Å²) in [5.74, 6) is 0.452. The summed E-state index contributed by atoms with van der Waals surface area (Å²) >= 11 is 5.86. The molecule has 0 aliphatic rings. The summed E-state index contributed by atoms with van der Waals surface area (Å²) in [6.45, 7) is 12.0. The minimum Gasteiger partial charge on any atom is -0.461 e. The molecule has 0 unspecified atom stereocenters. The van der Waals surface area contributed by atoms with Crippen LogP contribution in [0.1, 0.15) is 34.1 Å². The first-order valence-corrected chi connectivity index (χ1v) is 7.47. The molecule has 114 valence electrons. The van der Waals surface area contributed by atoms with Crippen LogP contribution < -0.4 is 10.1 Å². The Bertz CT molecular complexity index is 402. The SMILES string of the molecule is CCCN(CC)CCNc1nc(Cl)nc(OC(C)C)n1. The normalized spacial score (nSPS) is 11.2. The van der Waals surface area contributed by atoms with Crippen LogP contribution in [-0.2, 0) is 0 Å². The van der Waals surface area contributed by atoms with Crippen molar-refractivity contribution in [2.45, 2.75) is 40.2 Å². The number of aromatic nitrogens is 3. The van der Waals surface area contributed by atoms with Crippen molar-refractivity contribution in [3.05, 3.63) is 5.28 Å². The molecular weight excluding hydrogens is 278 g/mol. The number of rotatable bonds is 9. The van der Waals surface area contributed by atoms with Crippen molar-refractivity contribution in [3.63, 3.8) is 0 Å². The lowest BCUT2D eigenvalue weighted by Crippen LogP contribution is -2.30. The largest absolute Gasteiger partial charge is 0.461 e. The molecule has 0 aliphatic carbocycles. The maximum atomic E-state index is 5.86. The quantitative estimate of drug-likeness (QED) is 0.756. The summed E-state index contributed by atoms with van der Waals surface area (Å²) in [7, 11) is 0. The summed E-state index contributed by atoms with van der Waals surface area (Å²) in [5.41, 5.74) is 0. The van der Waals surface area contributed by atoms with Gasteiger partial charge in [0.2, 0.25) is 11.2 Å². The zero-order valence-corrected chi connectivity index (χ0v) is 13.4. The number of hydrogen-bond acceptors (Lipinski definition) is 6. The Balaban J connectivity index is 2.52. The van der Waals surface area contributed by atoms with Crippen molar-refractivity contribution in [2.75, 3.05) is 31.5 Å². The van der Waals surface area contributed by atoms with E-state index < -0.39 is 0 Å². The molecule has 1 rings (SSSR count). The van der Waals surface area contributed by atoms with Crippen LogP contribution in [-0.4, -0.2) is 52.1 Å². The van der Waals surface area contributed by atoms with Gasteiger partial charge in [-0.25, -0.2) is 0 Å². The van der Waals surface area contributed by atoms with E-state index in [1.165, 1.54) is 0 Å². The van der Waals surface area contributed by atoms with Crippen LogP contribution >= 0.6 is 11.6 Å². The van der Waals surface area contributed by atoms with E-state index in [2.05, 4.69) is 39.0 Å². The fourth-order valence-corrected chi connectivity index (χ4v) is 1.90. The molecule has 0 fully saturated rings. The van der Waals surface area contributed by atoms with E-state index >= 15 is 0 Å². The van der Waals surface area contributed by atoms with Crippen molar-refractivity contribution >= 4 is 17.5 Å². The van der Waals surface area contributed by atoms with E-state index in [9.17, 15) is 0 Å². The molecule has 0 saturated carbocycles. The molecule has 1 N–H and O–H groups in total. The molecular formula is C13H24ClN5O. The van der Waals surface area contributed by atoms with Crippen molar-refractivity contribution < 1.29 is 4.74 Å². The number of anilines is 1. The first-order chi connectivity index (χ1) is 9.55. The summed E-state index contributed by atoms with van der Waals surface area (Å²) in [6.07, 6.45) is 1.15. The van der Waals surface area contributed by atoms with Crippen molar-refractivity contribution in [2.24, 2.45) is 0 Å². The first kappa shape index (κ1) is 16.9. The predicted octanol–water partition coefficient (Wildman–Crippen LogP) is 2.46. The van der Waals surface area contributed by atoms with Gasteiger partial charge in [-0.2, -0.15) is 15.0 Å². The van der Waals surface area contributed by atoms with E-state index in [0.717, 1.165) is 32.6 Å². The Morgan fingerprint density at radius 3 is 2.55 bits per heavy atom. The van der Waals surface area contributed by atoms with Gasteiger partial charge in [-0.15, -0.1) is 0 Å². The Morgan fingerprint density at radius 1 is 1.20 bits per heavy atom. The van der Waals surface area contributed by atoms with Gasteiger partial charge >= 0.3 is 6.01 Å². The van der Waals surface area contributed by atoms with Crippen LogP contribution in [0.4, 0.5) is 5.95 Å². The van der Waals surface area contributed by atoms with Crippen LogP contribution in [0.2, 0.25) is 5.28 Å². The predicted molar refractivity (Wildman–Crippen MR) is 81.5 cm³/mol. The molecule has 0 amide bonds. The first-order valence-electron chi connectivity index (χ1n) is 7.09. The molecule has 0 spiro atoms. The molecule has 1 aromatic heterocycles. The van der Waals surface area contributed by atoms with E-state index in [4.69, 9.17) is 16.3 Å². The fourth-order valence-electron chi connectivity index (χ4n) is 1.74. The Hall–Kier alpha value is -1.14. The molecule has 7 heteroatoms. The van der Waals surface area contributed by atoms with Gasteiger partial charge in [0.25, 0.3) is 0 Å². The van der Waals surface area contributed by atoms with Crippen LogP contribution in [0.3, 0.4) is 0 Å². The molecule has 0 bridgehead atoms. The number of nitrogens with zero attached hydrogens (tertiary/aromatic N) is 4. The lowest BCUT2D eigenvalue weighted by molar-refractivity contribution is 0.222. The van der Waals surface area contributed by atoms with Gasteiger partial charge in [-0.3, -0.25) is 0 Å². The fraction of sp³-hybridized carbons (Fsp3) is 0.769. The number of likely N-dealkylation sites (N-methyl/N-ethyl adjacent to an activating group) is 1. The molecule has 1 heterocycles. The van der Waals surface area contributed by atoms with E-state index in [-0.39, 0.29) is 17.4 Å². The third-order valence-electron chi connectivity index (χ3n) is 2.63. The van der Waals surface area contributed by atoms with E-state index in [0.29, 0.717) is 5.95 Å². The average Bonchev–Trinajstić information content (AvgIpc) is 2.36. The molecule has 0 aliphatic heterocycles. The topological polar surface area (TPSA) is 63.2 Å². The van der Waals surface area contributed by atoms with Gasteiger partial charge in [0.1, 0.15) is 0 Å². The minimum absolute atomic E-state index is 0.00135. The zero-order chi connectivity index (χ0) is 15.0. The Labute approximate surface area is 125 Å². The van der Waals surface area contributed by atoms with Crippen molar-refractivity contribution in [1.29, 1.82) is 0 Å². The Morgan fingerprint density at radius 2 is 1.95 bits per heavy atom. The van der Waals surface area contributed by atoms with E-state index in [1.54, 1.807) is 0 Å². The van der Waals surface area contributed by atoms with Crippen LogP contribution in [0, 0.1) is 0 Å². The zero-order valence-electron chi connectivity index (χ0n) is 12.7. The highest BCUT2D eigenvalue weighted by Gasteiger charge is 2.08.